The predicted molar refractivity (Wildman–Crippen MR) is 49.0 cm³/mol. The fourth-order valence-corrected chi connectivity index (χ4v) is 1.79. The van der Waals surface area contributed by atoms with Gasteiger partial charge in [-0.15, -0.1) is 0 Å². The summed E-state index contributed by atoms with van der Waals surface area (Å²) in [6.45, 7) is 0.909. The monoisotopic (exact) mass is 230 g/mol. The quantitative estimate of drug-likeness (QED) is 0.843. The molecule has 1 unspecified atom stereocenters. The van der Waals surface area contributed by atoms with Gasteiger partial charge in [0.1, 0.15) is 10.4 Å². The molecule has 0 spiro atoms. The first-order chi connectivity index (χ1) is 5.84. The Morgan fingerprint density at radius 2 is 2.67 bits per heavy atom. The summed E-state index contributed by atoms with van der Waals surface area (Å²) in [5.74, 6) is 1.01. The number of H-pyrrole nitrogens is 1. The number of hydrogen-bond acceptors (Lipinski definition) is 2. The third-order valence-electron chi connectivity index (χ3n) is 2.04. The van der Waals surface area contributed by atoms with Crippen LogP contribution in [-0.4, -0.2) is 22.7 Å². The van der Waals surface area contributed by atoms with Crippen molar-refractivity contribution in [3.63, 3.8) is 0 Å². The Labute approximate surface area is 79.7 Å². The average molecular weight is 231 g/mol. The third-order valence-corrected chi connectivity index (χ3v) is 2.45. The van der Waals surface area contributed by atoms with E-state index in [2.05, 4.69) is 25.9 Å². The van der Waals surface area contributed by atoms with Crippen molar-refractivity contribution < 1.29 is 4.74 Å². The molecule has 66 valence electrons. The molecule has 3 nitrogen and oxygen atoms in total. The van der Waals surface area contributed by atoms with Crippen LogP contribution in [0.25, 0.3) is 0 Å². The molecule has 0 radical (unpaired) electrons. The van der Waals surface area contributed by atoms with Crippen LogP contribution < -0.4 is 0 Å². The van der Waals surface area contributed by atoms with E-state index < -0.39 is 0 Å². The molecule has 0 aliphatic carbocycles. The van der Waals surface area contributed by atoms with E-state index >= 15 is 0 Å². The summed E-state index contributed by atoms with van der Waals surface area (Å²) in [5.41, 5.74) is 0. The van der Waals surface area contributed by atoms with Gasteiger partial charge in [-0.25, -0.2) is 4.98 Å². The van der Waals surface area contributed by atoms with Crippen LogP contribution in [0.3, 0.4) is 0 Å². The maximum atomic E-state index is 5.49. The number of aromatic amines is 1. The van der Waals surface area contributed by atoms with Crippen molar-refractivity contribution in [3.05, 3.63) is 16.6 Å². The number of rotatable bonds is 2. The van der Waals surface area contributed by atoms with Crippen LogP contribution in [-0.2, 0) is 11.2 Å². The SMILES string of the molecule is Brc1cnc(CC2CCCO2)[nH]1. The van der Waals surface area contributed by atoms with Gasteiger partial charge in [-0.3, -0.25) is 0 Å². The lowest BCUT2D eigenvalue weighted by Gasteiger charge is -2.05. The van der Waals surface area contributed by atoms with E-state index in [0.717, 1.165) is 29.9 Å². The molecular weight excluding hydrogens is 220 g/mol. The van der Waals surface area contributed by atoms with Gasteiger partial charge in [0.2, 0.25) is 0 Å². The summed E-state index contributed by atoms with van der Waals surface area (Å²) in [4.78, 5) is 7.33. The lowest BCUT2D eigenvalue weighted by Crippen LogP contribution is -2.09. The molecule has 0 saturated carbocycles. The highest BCUT2D eigenvalue weighted by Gasteiger charge is 2.16. The van der Waals surface area contributed by atoms with E-state index in [1.807, 2.05) is 0 Å². The Bertz CT molecular complexity index is 255. The van der Waals surface area contributed by atoms with E-state index in [4.69, 9.17) is 4.74 Å². The molecule has 2 heterocycles. The highest BCUT2D eigenvalue weighted by Crippen LogP contribution is 2.16. The third kappa shape index (κ3) is 1.87. The molecule has 1 fully saturated rings. The van der Waals surface area contributed by atoms with Gasteiger partial charge in [0.15, 0.2) is 0 Å². The zero-order valence-electron chi connectivity index (χ0n) is 6.72. The fourth-order valence-electron chi connectivity index (χ4n) is 1.46. The minimum Gasteiger partial charge on any atom is -0.378 e. The average Bonchev–Trinajstić information content (AvgIpc) is 2.63. The van der Waals surface area contributed by atoms with Gasteiger partial charge < -0.3 is 9.72 Å². The number of imidazole rings is 1. The first-order valence-electron chi connectivity index (χ1n) is 4.15. The number of halogens is 1. The van der Waals surface area contributed by atoms with Crippen LogP contribution in [0, 0.1) is 0 Å². The smallest absolute Gasteiger partial charge is 0.109 e. The van der Waals surface area contributed by atoms with E-state index in [0.29, 0.717) is 6.10 Å². The molecule has 1 atom stereocenters. The second-order valence-electron chi connectivity index (χ2n) is 3.02. The predicted octanol–water partition coefficient (Wildman–Crippen LogP) is 1.89. The number of hydrogen-bond donors (Lipinski definition) is 1. The van der Waals surface area contributed by atoms with E-state index in [9.17, 15) is 0 Å². The summed E-state index contributed by atoms with van der Waals surface area (Å²) < 4.78 is 6.43. The highest BCUT2D eigenvalue weighted by molar-refractivity contribution is 9.10. The molecule has 1 aliphatic rings. The summed E-state index contributed by atoms with van der Waals surface area (Å²) >= 11 is 3.32. The summed E-state index contributed by atoms with van der Waals surface area (Å²) in [5, 5.41) is 0. The lowest BCUT2D eigenvalue weighted by atomic mass is 10.2. The highest BCUT2D eigenvalue weighted by atomic mass is 79.9. The molecule has 1 aliphatic heterocycles. The minimum absolute atomic E-state index is 0.378. The van der Waals surface area contributed by atoms with E-state index in [1.54, 1.807) is 6.20 Å². The first-order valence-corrected chi connectivity index (χ1v) is 4.95. The number of nitrogens with zero attached hydrogens (tertiary/aromatic N) is 1. The maximum Gasteiger partial charge on any atom is 0.109 e. The van der Waals surface area contributed by atoms with Crippen LogP contribution in [0.4, 0.5) is 0 Å². The molecule has 1 N–H and O–H groups in total. The second-order valence-corrected chi connectivity index (χ2v) is 3.87. The Kier molecular flexibility index (Phi) is 2.46. The molecule has 0 amide bonds. The van der Waals surface area contributed by atoms with Crippen LogP contribution in [0.2, 0.25) is 0 Å². The van der Waals surface area contributed by atoms with Crippen LogP contribution in [0.1, 0.15) is 18.7 Å². The van der Waals surface area contributed by atoms with Crippen LogP contribution in [0.15, 0.2) is 10.8 Å². The molecule has 1 aromatic rings. The Morgan fingerprint density at radius 1 is 1.75 bits per heavy atom. The van der Waals surface area contributed by atoms with Crippen LogP contribution in [0.5, 0.6) is 0 Å². The first kappa shape index (κ1) is 8.26. The minimum atomic E-state index is 0.378. The van der Waals surface area contributed by atoms with Crippen molar-refractivity contribution in [3.8, 4) is 0 Å². The molecule has 4 heteroatoms. The van der Waals surface area contributed by atoms with Gasteiger partial charge in [-0.05, 0) is 28.8 Å². The Morgan fingerprint density at radius 3 is 3.25 bits per heavy atom. The summed E-state index contributed by atoms with van der Waals surface area (Å²) in [7, 11) is 0. The normalized spacial score (nSPS) is 23.2. The van der Waals surface area contributed by atoms with Crippen LogP contribution >= 0.6 is 15.9 Å². The van der Waals surface area contributed by atoms with Crippen molar-refractivity contribution in [2.45, 2.75) is 25.4 Å². The number of ether oxygens (including phenoxy) is 1. The van der Waals surface area contributed by atoms with Gasteiger partial charge in [0.05, 0.1) is 12.3 Å². The number of aromatic nitrogens is 2. The van der Waals surface area contributed by atoms with Gasteiger partial charge >= 0.3 is 0 Å². The molecular formula is C8H11BrN2O. The summed E-state index contributed by atoms with van der Waals surface area (Å²) in [6.07, 6.45) is 5.42. The van der Waals surface area contributed by atoms with Crippen molar-refractivity contribution >= 4 is 15.9 Å². The molecule has 0 bridgehead atoms. The van der Waals surface area contributed by atoms with Crippen molar-refractivity contribution in [1.82, 2.24) is 9.97 Å². The molecule has 2 rings (SSSR count). The standard InChI is InChI=1S/C8H11BrN2O/c9-7-5-10-8(11-7)4-6-2-1-3-12-6/h5-6H,1-4H2,(H,10,11). The van der Waals surface area contributed by atoms with Gasteiger partial charge in [-0.1, -0.05) is 0 Å². The van der Waals surface area contributed by atoms with E-state index in [1.165, 1.54) is 6.42 Å². The molecule has 0 aromatic carbocycles. The summed E-state index contributed by atoms with van der Waals surface area (Å²) in [6, 6.07) is 0. The van der Waals surface area contributed by atoms with E-state index in [-0.39, 0.29) is 0 Å². The van der Waals surface area contributed by atoms with Gasteiger partial charge in [0.25, 0.3) is 0 Å². The zero-order chi connectivity index (χ0) is 8.39. The maximum absolute atomic E-state index is 5.49. The van der Waals surface area contributed by atoms with Crippen molar-refractivity contribution in [2.24, 2.45) is 0 Å². The zero-order valence-corrected chi connectivity index (χ0v) is 8.30. The lowest BCUT2D eigenvalue weighted by molar-refractivity contribution is 0.110. The second kappa shape index (κ2) is 3.58. The fraction of sp³-hybridized carbons (Fsp3) is 0.625. The van der Waals surface area contributed by atoms with Crippen molar-refractivity contribution in [2.75, 3.05) is 6.61 Å². The van der Waals surface area contributed by atoms with Crippen molar-refractivity contribution in [1.29, 1.82) is 0 Å². The topological polar surface area (TPSA) is 37.9 Å². The Hall–Kier alpha value is -0.350. The largest absolute Gasteiger partial charge is 0.378 e. The molecule has 1 aromatic heterocycles. The number of nitrogens with one attached hydrogen (secondary N) is 1. The Balaban J connectivity index is 1.94. The molecule has 1 saturated heterocycles. The molecule has 12 heavy (non-hydrogen) atoms. The van der Waals surface area contributed by atoms with Gasteiger partial charge in [0, 0.05) is 13.0 Å². The van der Waals surface area contributed by atoms with Gasteiger partial charge in [-0.2, -0.15) is 0 Å².